The monoisotopic (exact) mass is 239 g/mol. The first-order valence-corrected chi connectivity index (χ1v) is 6.78. The van der Waals surface area contributed by atoms with E-state index in [1.807, 2.05) is 25.7 Å². The molecule has 0 radical (unpaired) electrons. The third-order valence-electron chi connectivity index (χ3n) is 3.89. The molecule has 3 heteroatoms. The highest BCUT2D eigenvalue weighted by atomic mass is 16.2. The molecule has 1 aliphatic rings. The number of amides is 1. The van der Waals surface area contributed by atoms with Gasteiger partial charge in [-0.3, -0.25) is 9.59 Å². The number of likely N-dealkylation sites (tertiary alicyclic amines) is 1. The standard InChI is InChI=1S/C14H25NO2/c1-4-14(2,3)12(16)8-7-9-13(17)15-10-5-6-11-15/h4-11H2,1-3H3. The molecule has 1 heterocycles. The summed E-state index contributed by atoms with van der Waals surface area (Å²) in [5.41, 5.74) is -0.226. The number of hydrogen-bond acceptors (Lipinski definition) is 2. The topological polar surface area (TPSA) is 37.4 Å². The molecule has 0 aromatic carbocycles. The molecule has 1 aliphatic heterocycles. The first kappa shape index (κ1) is 14.2. The Bertz CT molecular complexity index is 278. The van der Waals surface area contributed by atoms with Gasteiger partial charge < -0.3 is 4.90 Å². The number of nitrogens with zero attached hydrogens (tertiary/aromatic N) is 1. The summed E-state index contributed by atoms with van der Waals surface area (Å²) in [4.78, 5) is 25.6. The molecule has 1 amide bonds. The summed E-state index contributed by atoms with van der Waals surface area (Å²) in [5.74, 6) is 0.513. The van der Waals surface area contributed by atoms with Crippen LogP contribution in [0, 0.1) is 5.41 Å². The van der Waals surface area contributed by atoms with Crippen molar-refractivity contribution in [1.29, 1.82) is 0 Å². The van der Waals surface area contributed by atoms with Crippen LogP contribution in [0.15, 0.2) is 0 Å². The summed E-state index contributed by atoms with van der Waals surface area (Å²) in [5, 5.41) is 0. The Morgan fingerprint density at radius 2 is 1.71 bits per heavy atom. The molecule has 1 rings (SSSR count). The van der Waals surface area contributed by atoms with Gasteiger partial charge in [-0.1, -0.05) is 20.8 Å². The van der Waals surface area contributed by atoms with Crippen LogP contribution in [-0.2, 0) is 9.59 Å². The average Bonchev–Trinajstić information content (AvgIpc) is 2.82. The molecule has 0 saturated carbocycles. The predicted molar refractivity (Wildman–Crippen MR) is 68.7 cm³/mol. The minimum absolute atomic E-state index is 0.226. The molecule has 0 aliphatic carbocycles. The van der Waals surface area contributed by atoms with Gasteiger partial charge in [-0.05, 0) is 25.7 Å². The van der Waals surface area contributed by atoms with Crippen LogP contribution in [0.2, 0.25) is 0 Å². The van der Waals surface area contributed by atoms with Gasteiger partial charge in [-0.2, -0.15) is 0 Å². The van der Waals surface area contributed by atoms with Crippen LogP contribution in [0.25, 0.3) is 0 Å². The summed E-state index contributed by atoms with van der Waals surface area (Å²) < 4.78 is 0. The van der Waals surface area contributed by atoms with Crippen molar-refractivity contribution in [1.82, 2.24) is 4.90 Å². The minimum atomic E-state index is -0.226. The van der Waals surface area contributed by atoms with Gasteiger partial charge in [0, 0.05) is 31.3 Å². The Kier molecular flexibility index (Phi) is 5.16. The Balaban J connectivity index is 2.23. The Morgan fingerprint density at radius 3 is 2.24 bits per heavy atom. The van der Waals surface area contributed by atoms with Gasteiger partial charge in [0.25, 0.3) is 0 Å². The third kappa shape index (κ3) is 4.14. The van der Waals surface area contributed by atoms with Gasteiger partial charge in [-0.15, -0.1) is 0 Å². The van der Waals surface area contributed by atoms with E-state index in [9.17, 15) is 9.59 Å². The van der Waals surface area contributed by atoms with Crippen LogP contribution in [0.1, 0.15) is 59.3 Å². The van der Waals surface area contributed by atoms with Crippen molar-refractivity contribution in [2.24, 2.45) is 5.41 Å². The van der Waals surface area contributed by atoms with Gasteiger partial charge in [0.05, 0.1) is 0 Å². The maximum Gasteiger partial charge on any atom is 0.222 e. The summed E-state index contributed by atoms with van der Waals surface area (Å²) >= 11 is 0. The molecule has 0 spiro atoms. The lowest BCUT2D eigenvalue weighted by molar-refractivity contribution is -0.130. The number of Topliss-reactive ketones (excluding diaryl/α,β-unsaturated/α-hetero) is 1. The zero-order valence-corrected chi connectivity index (χ0v) is 11.4. The first-order chi connectivity index (χ1) is 7.97. The number of carbonyl (C=O) groups is 2. The largest absolute Gasteiger partial charge is 0.343 e. The number of rotatable bonds is 6. The lowest BCUT2D eigenvalue weighted by Gasteiger charge is -2.21. The van der Waals surface area contributed by atoms with E-state index < -0.39 is 0 Å². The molecule has 1 saturated heterocycles. The van der Waals surface area contributed by atoms with Gasteiger partial charge >= 0.3 is 0 Å². The molecule has 98 valence electrons. The van der Waals surface area contributed by atoms with Crippen LogP contribution in [-0.4, -0.2) is 29.7 Å². The van der Waals surface area contributed by atoms with Crippen molar-refractivity contribution in [2.45, 2.75) is 59.3 Å². The fourth-order valence-corrected chi connectivity index (χ4v) is 2.06. The summed E-state index contributed by atoms with van der Waals surface area (Å²) in [6.07, 6.45) is 4.91. The van der Waals surface area contributed by atoms with Crippen molar-refractivity contribution in [3.05, 3.63) is 0 Å². The summed E-state index contributed by atoms with van der Waals surface area (Å²) in [7, 11) is 0. The maximum atomic E-state index is 11.9. The molecule has 0 bridgehead atoms. The zero-order valence-electron chi connectivity index (χ0n) is 11.4. The Labute approximate surface area is 105 Å². The van der Waals surface area contributed by atoms with Crippen LogP contribution in [0.5, 0.6) is 0 Å². The molecule has 0 aromatic rings. The molecule has 1 fully saturated rings. The maximum absolute atomic E-state index is 11.9. The minimum Gasteiger partial charge on any atom is -0.343 e. The van der Waals surface area contributed by atoms with Crippen molar-refractivity contribution >= 4 is 11.7 Å². The lowest BCUT2D eigenvalue weighted by atomic mass is 9.83. The van der Waals surface area contributed by atoms with E-state index >= 15 is 0 Å². The molecular weight excluding hydrogens is 214 g/mol. The molecule has 0 unspecified atom stereocenters. The fourth-order valence-electron chi connectivity index (χ4n) is 2.06. The molecule has 0 atom stereocenters. The van der Waals surface area contributed by atoms with Crippen molar-refractivity contribution in [2.75, 3.05) is 13.1 Å². The first-order valence-electron chi connectivity index (χ1n) is 6.78. The van der Waals surface area contributed by atoms with E-state index in [0.29, 0.717) is 19.3 Å². The second kappa shape index (κ2) is 6.18. The van der Waals surface area contributed by atoms with Gasteiger partial charge in [0.1, 0.15) is 5.78 Å². The van der Waals surface area contributed by atoms with Gasteiger partial charge in [-0.25, -0.2) is 0 Å². The van der Waals surface area contributed by atoms with E-state index in [2.05, 4.69) is 0 Å². The van der Waals surface area contributed by atoms with Crippen LogP contribution >= 0.6 is 0 Å². The van der Waals surface area contributed by atoms with E-state index in [1.54, 1.807) is 0 Å². The molecular formula is C14H25NO2. The van der Waals surface area contributed by atoms with Crippen LogP contribution in [0.3, 0.4) is 0 Å². The normalized spacial score (nSPS) is 16.3. The quantitative estimate of drug-likeness (QED) is 0.714. The van der Waals surface area contributed by atoms with E-state index in [-0.39, 0.29) is 17.1 Å². The highest BCUT2D eigenvalue weighted by Gasteiger charge is 2.25. The predicted octanol–water partition coefficient (Wildman–Crippen LogP) is 2.78. The lowest BCUT2D eigenvalue weighted by Crippen LogP contribution is -2.28. The second-order valence-corrected chi connectivity index (χ2v) is 5.60. The van der Waals surface area contributed by atoms with E-state index in [4.69, 9.17) is 0 Å². The molecule has 0 aromatic heterocycles. The fraction of sp³-hybridized carbons (Fsp3) is 0.857. The number of hydrogen-bond donors (Lipinski definition) is 0. The van der Waals surface area contributed by atoms with Crippen molar-refractivity contribution in [3.8, 4) is 0 Å². The molecule has 3 nitrogen and oxygen atoms in total. The van der Waals surface area contributed by atoms with Crippen LogP contribution in [0.4, 0.5) is 0 Å². The smallest absolute Gasteiger partial charge is 0.222 e. The highest BCUT2D eigenvalue weighted by molar-refractivity contribution is 5.84. The van der Waals surface area contributed by atoms with E-state index in [0.717, 1.165) is 32.4 Å². The van der Waals surface area contributed by atoms with E-state index in [1.165, 1.54) is 0 Å². The summed E-state index contributed by atoms with van der Waals surface area (Å²) in [6, 6.07) is 0. The SMILES string of the molecule is CCC(C)(C)C(=O)CCCC(=O)N1CCCC1. The highest BCUT2D eigenvalue weighted by Crippen LogP contribution is 2.23. The second-order valence-electron chi connectivity index (χ2n) is 5.60. The van der Waals surface area contributed by atoms with Crippen LogP contribution < -0.4 is 0 Å². The van der Waals surface area contributed by atoms with Crippen molar-refractivity contribution < 1.29 is 9.59 Å². The summed E-state index contributed by atoms with van der Waals surface area (Å²) in [6.45, 7) is 7.82. The molecule has 0 N–H and O–H groups in total. The van der Waals surface area contributed by atoms with Crippen molar-refractivity contribution in [3.63, 3.8) is 0 Å². The Hall–Kier alpha value is -0.860. The average molecular weight is 239 g/mol. The van der Waals surface area contributed by atoms with Gasteiger partial charge in [0.15, 0.2) is 0 Å². The number of carbonyl (C=O) groups excluding carboxylic acids is 2. The number of ketones is 1. The zero-order chi connectivity index (χ0) is 12.9. The Morgan fingerprint density at radius 1 is 1.12 bits per heavy atom. The van der Waals surface area contributed by atoms with Gasteiger partial charge in [0.2, 0.25) is 5.91 Å². The molecule has 17 heavy (non-hydrogen) atoms. The third-order valence-corrected chi connectivity index (χ3v) is 3.89.